The first kappa shape index (κ1) is 18.1. The number of aromatic nitrogens is 7. The van der Waals surface area contributed by atoms with Crippen molar-refractivity contribution in [2.75, 3.05) is 19.6 Å². The maximum Gasteiger partial charge on any atom is 0.280 e. The van der Waals surface area contributed by atoms with Crippen LogP contribution in [0.1, 0.15) is 32.6 Å². The number of aromatic amines is 1. The van der Waals surface area contributed by atoms with Gasteiger partial charge in [0.25, 0.3) is 5.56 Å². The third-order valence-electron chi connectivity index (χ3n) is 5.68. The highest BCUT2D eigenvalue weighted by atomic mass is 16.1. The van der Waals surface area contributed by atoms with Crippen LogP contribution in [0.3, 0.4) is 0 Å². The van der Waals surface area contributed by atoms with E-state index in [-0.39, 0.29) is 5.56 Å². The molecule has 5 rings (SSSR count). The zero-order chi connectivity index (χ0) is 19.8. The number of imidazole rings is 2. The van der Waals surface area contributed by atoms with Crippen LogP contribution in [0.5, 0.6) is 0 Å². The number of hydrogen-bond acceptors (Lipinski definition) is 5. The van der Waals surface area contributed by atoms with Crippen molar-refractivity contribution in [1.29, 1.82) is 0 Å². The summed E-state index contributed by atoms with van der Waals surface area (Å²) < 4.78 is 5.53. The maximum atomic E-state index is 13.0. The van der Waals surface area contributed by atoms with Crippen LogP contribution in [-0.2, 0) is 13.1 Å². The third-order valence-corrected chi connectivity index (χ3v) is 5.68. The van der Waals surface area contributed by atoms with Gasteiger partial charge in [-0.15, -0.1) is 0 Å². The predicted octanol–water partition coefficient (Wildman–Crippen LogP) is 2.13. The molecule has 1 N–H and O–H groups in total. The molecule has 0 atom stereocenters. The number of rotatable bonds is 6. The van der Waals surface area contributed by atoms with E-state index in [0.29, 0.717) is 29.3 Å². The molecule has 4 aromatic rings. The lowest BCUT2D eigenvalue weighted by Gasteiger charge is -2.26. The van der Waals surface area contributed by atoms with Crippen LogP contribution in [0.25, 0.3) is 28.3 Å². The van der Waals surface area contributed by atoms with Crippen LogP contribution in [0.15, 0.2) is 29.6 Å². The van der Waals surface area contributed by atoms with Crippen molar-refractivity contribution in [2.24, 2.45) is 0 Å². The Balaban J connectivity index is 1.46. The summed E-state index contributed by atoms with van der Waals surface area (Å²) >= 11 is 0. The van der Waals surface area contributed by atoms with Crippen molar-refractivity contribution in [3.8, 4) is 11.4 Å². The first-order valence-corrected chi connectivity index (χ1v) is 10.5. The standard InChI is InChI=1S/C20H26N8O/c1-2-7-28-19(29)16-18(27-10-6-21-20(27)28)24-17(23-16)15-13-22-26(14-15)12-11-25-8-4-3-5-9-25/h6,10,13-14H,2-5,7-9,11-12H2,1H3,(H,23,24). The highest BCUT2D eigenvalue weighted by Gasteiger charge is 2.17. The van der Waals surface area contributed by atoms with Gasteiger partial charge in [-0.05, 0) is 32.4 Å². The molecule has 0 radical (unpaired) electrons. The van der Waals surface area contributed by atoms with Gasteiger partial charge in [-0.25, -0.2) is 9.97 Å². The number of aryl methyl sites for hydroxylation is 1. The van der Waals surface area contributed by atoms with Crippen molar-refractivity contribution in [3.63, 3.8) is 0 Å². The monoisotopic (exact) mass is 394 g/mol. The summed E-state index contributed by atoms with van der Waals surface area (Å²) in [6.07, 6.45) is 12.1. The molecule has 4 aromatic heterocycles. The van der Waals surface area contributed by atoms with Crippen molar-refractivity contribution in [2.45, 2.75) is 45.7 Å². The van der Waals surface area contributed by atoms with Crippen LogP contribution in [0, 0.1) is 0 Å². The summed E-state index contributed by atoms with van der Waals surface area (Å²) in [6, 6.07) is 0. The van der Waals surface area contributed by atoms with Crippen LogP contribution < -0.4 is 5.56 Å². The van der Waals surface area contributed by atoms with E-state index in [2.05, 4.69) is 20.0 Å². The molecule has 29 heavy (non-hydrogen) atoms. The Morgan fingerprint density at radius 3 is 2.83 bits per heavy atom. The third kappa shape index (κ3) is 3.25. The first-order valence-electron chi connectivity index (χ1n) is 10.5. The smallest absolute Gasteiger partial charge is 0.280 e. The Labute approximate surface area is 168 Å². The fraction of sp³-hybridized carbons (Fsp3) is 0.500. The fourth-order valence-electron chi connectivity index (χ4n) is 4.17. The molecule has 0 saturated carbocycles. The summed E-state index contributed by atoms with van der Waals surface area (Å²) in [6.45, 7) is 6.91. The van der Waals surface area contributed by atoms with Gasteiger partial charge in [-0.2, -0.15) is 5.10 Å². The molecule has 1 aliphatic rings. The summed E-state index contributed by atoms with van der Waals surface area (Å²) in [5, 5.41) is 4.50. The van der Waals surface area contributed by atoms with E-state index >= 15 is 0 Å². The van der Waals surface area contributed by atoms with Crippen molar-refractivity contribution >= 4 is 16.9 Å². The highest BCUT2D eigenvalue weighted by molar-refractivity contribution is 5.77. The second-order valence-corrected chi connectivity index (χ2v) is 7.73. The highest BCUT2D eigenvalue weighted by Crippen LogP contribution is 2.19. The zero-order valence-corrected chi connectivity index (χ0v) is 16.7. The molecule has 0 unspecified atom stereocenters. The van der Waals surface area contributed by atoms with E-state index < -0.39 is 0 Å². The van der Waals surface area contributed by atoms with Crippen molar-refractivity contribution < 1.29 is 0 Å². The molecule has 1 saturated heterocycles. The minimum absolute atomic E-state index is 0.0863. The Hall–Kier alpha value is -2.94. The van der Waals surface area contributed by atoms with Gasteiger partial charge in [0.2, 0.25) is 5.78 Å². The van der Waals surface area contributed by atoms with E-state index in [1.54, 1.807) is 10.8 Å². The van der Waals surface area contributed by atoms with Gasteiger partial charge in [0.05, 0.1) is 18.3 Å². The largest absolute Gasteiger partial charge is 0.332 e. The Morgan fingerprint density at radius 2 is 2.00 bits per heavy atom. The zero-order valence-electron chi connectivity index (χ0n) is 16.7. The molecule has 1 aliphatic heterocycles. The van der Waals surface area contributed by atoms with Gasteiger partial charge < -0.3 is 9.88 Å². The molecule has 0 spiro atoms. The van der Waals surface area contributed by atoms with E-state index in [0.717, 1.165) is 25.1 Å². The Bertz CT molecular complexity index is 1190. The number of fused-ring (bicyclic) bond motifs is 3. The quantitative estimate of drug-likeness (QED) is 0.541. The topological polar surface area (TPSA) is 89.0 Å². The van der Waals surface area contributed by atoms with Gasteiger partial charge in [-0.1, -0.05) is 13.3 Å². The van der Waals surface area contributed by atoms with E-state index in [1.807, 2.05) is 34.6 Å². The Kier molecular flexibility index (Phi) is 4.67. The lowest BCUT2D eigenvalue weighted by Crippen LogP contribution is -2.32. The van der Waals surface area contributed by atoms with Gasteiger partial charge >= 0.3 is 0 Å². The lowest BCUT2D eigenvalue weighted by molar-refractivity contribution is 0.218. The minimum atomic E-state index is -0.0863. The average Bonchev–Trinajstić information content (AvgIpc) is 3.49. The van der Waals surface area contributed by atoms with Crippen molar-refractivity contribution in [1.82, 2.24) is 38.6 Å². The van der Waals surface area contributed by atoms with Crippen molar-refractivity contribution in [3.05, 3.63) is 35.1 Å². The van der Waals surface area contributed by atoms with Gasteiger partial charge in [0, 0.05) is 31.7 Å². The van der Waals surface area contributed by atoms with E-state index in [4.69, 9.17) is 4.98 Å². The molecule has 1 fully saturated rings. The lowest BCUT2D eigenvalue weighted by atomic mass is 10.1. The van der Waals surface area contributed by atoms with E-state index in [1.165, 1.54) is 32.4 Å². The number of nitrogens with zero attached hydrogens (tertiary/aromatic N) is 7. The molecule has 0 bridgehead atoms. The molecule has 0 aromatic carbocycles. The average molecular weight is 394 g/mol. The SMILES string of the molecule is CCCn1c(=O)c2[nH]c(-c3cnn(CCN4CCCCC4)c3)nc2n2ccnc12. The molecular formula is C20H26N8O. The normalized spacial score (nSPS) is 15.6. The number of likely N-dealkylation sites (tertiary alicyclic amines) is 1. The number of hydrogen-bond donors (Lipinski definition) is 1. The molecule has 9 heteroatoms. The van der Waals surface area contributed by atoms with Gasteiger partial charge in [-0.3, -0.25) is 18.4 Å². The van der Waals surface area contributed by atoms with Crippen LogP contribution in [-0.4, -0.2) is 58.2 Å². The molecular weight excluding hydrogens is 368 g/mol. The molecule has 5 heterocycles. The van der Waals surface area contributed by atoms with Gasteiger partial charge in [0.1, 0.15) is 5.82 Å². The molecule has 0 aliphatic carbocycles. The minimum Gasteiger partial charge on any atom is -0.332 e. The van der Waals surface area contributed by atoms with Crippen LogP contribution in [0.2, 0.25) is 0 Å². The summed E-state index contributed by atoms with van der Waals surface area (Å²) in [5.41, 5.74) is 1.90. The van der Waals surface area contributed by atoms with Gasteiger partial charge in [0.15, 0.2) is 11.2 Å². The predicted molar refractivity (Wildman–Crippen MR) is 111 cm³/mol. The van der Waals surface area contributed by atoms with Crippen LogP contribution in [0.4, 0.5) is 0 Å². The summed E-state index contributed by atoms with van der Waals surface area (Å²) in [7, 11) is 0. The maximum absolute atomic E-state index is 13.0. The molecule has 9 nitrogen and oxygen atoms in total. The first-order chi connectivity index (χ1) is 14.2. The van der Waals surface area contributed by atoms with E-state index in [9.17, 15) is 4.79 Å². The number of H-pyrrole nitrogens is 1. The summed E-state index contributed by atoms with van der Waals surface area (Å²) in [4.78, 5) is 27.7. The number of nitrogens with one attached hydrogen (secondary N) is 1. The molecule has 0 amide bonds. The second kappa shape index (κ2) is 7.47. The Morgan fingerprint density at radius 1 is 1.14 bits per heavy atom. The van der Waals surface area contributed by atoms with Crippen LogP contribution >= 0.6 is 0 Å². The molecule has 152 valence electrons. The summed E-state index contributed by atoms with van der Waals surface area (Å²) in [5.74, 6) is 1.28. The number of piperidine rings is 1. The fourth-order valence-corrected chi connectivity index (χ4v) is 4.17. The second-order valence-electron chi connectivity index (χ2n) is 7.73.